The maximum atomic E-state index is 13.2. The van der Waals surface area contributed by atoms with Gasteiger partial charge in [-0.15, -0.1) is 0 Å². The van der Waals surface area contributed by atoms with Crippen LogP contribution in [0.2, 0.25) is 0 Å². The van der Waals surface area contributed by atoms with Gasteiger partial charge in [-0.05, 0) is 83.5 Å². The smallest absolute Gasteiger partial charge is 0.306 e. The predicted octanol–water partition coefficient (Wildman–Crippen LogP) is 17.0. The van der Waals surface area contributed by atoms with Crippen LogP contribution in [0, 0.1) is 0 Å². The van der Waals surface area contributed by atoms with Crippen molar-refractivity contribution in [3.63, 3.8) is 0 Å². The fourth-order valence-corrected chi connectivity index (χ4v) is 8.12. The zero-order chi connectivity index (χ0) is 47.4. The van der Waals surface area contributed by atoms with Gasteiger partial charge in [-0.2, -0.15) is 0 Å². The lowest BCUT2D eigenvalue weighted by Gasteiger charge is -2.24. The molecule has 0 saturated heterocycles. The number of hydrogen-bond acceptors (Lipinski definition) is 5. The van der Waals surface area contributed by atoms with Gasteiger partial charge in [0.05, 0.1) is 25.2 Å². The molecule has 0 saturated carbocycles. The van der Waals surface area contributed by atoms with E-state index in [1.54, 1.807) is 0 Å². The molecule has 0 aliphatic carbocycles. The van der Waals surface area contributed by atoms with Crippen molar-refractivity contribution in [2.45, 2.75) is 283 Å². The van der Waals surface area contributed by atoms with Crippen molar-refractivity contribution in [2.75, 3.05) is 6.61 Å². The highest BCUT2D eigenvalue weighted by molar-refractivity contribution is 5.77. The fourth-order valence-electron chi connectivity index (χ4n) is 8.12. The van der Waals surface area contributed by atoms with Crippen molar-refractivity contribution in [1.29, 1.82) is 0 Å². The number of hydrogen-bond donors (Lipinski definition) is 3. The molecule has 0 aliphatic rings. The lowest BCUT2D eigenvalue weighted by molar-refractivity contribution is -0.150. The Morgan fingerprint density at radius 3 is 1.26 bits per heavy atom. The molecule has 376 valence electrons. The number of amides is 1. The summed E-state index contributed by atoms with van der Waals surface area (Å²) in [5, 5.41) is 23.8. The Morgan fingerprint density at radius 2 is 0.831 bits per heavy atom. The monoisotopic (exact) mass is 908 g/mol. The minimum Gasteiger partial charge on any atom is -0.462 e. The van der Waals surface area contributed by atoms with Crippen LogP contribution in [0.25, 0.3) is 0 Å². The highest BCUT2D eigenvalue weighted by atomic mass is 16.5. The Balaban J connectivity index is 4.69. The number of allylic oxidation sites excluding steroid dienone is 12. The van der Waals surface area contributed by atoms with E-state index >= 15 is 0 Å². The van der Waals surface area contributed by atoms with Crippen LogP contribution in [0.1, 0.15) is 265 Å². The normalized spacial score (nSPS) is 13.7. The van der Waals surface area contributed by atoms with E-state index in [4.69, 9.17) is 4.74 Å². The van der Waals surface area contributed by atoms with Gasteiger partial charge in [0.2, 0.25) is 5.91 Å². The number of carbonyl (C=O) groups excluding carboxylic acids is 2. The van der Waals surface area contributed by atoms with Gasteiger partial charge in [0.25, 0.3) is 0 Å². The Kier molecular flexibility index (Phi) is 50.1. The predicted molar refractivity (Wildman–Crippen MR) is 282 cm³/mol. The molecule has 0 bridgehead atoms. The van der Waals surface area contributed by atoms with Crippen molar-refractivity contribution in [3.05, 3.63) is 72.9 Å². The Hall–Kier alpha value is -2.70. The Bertz CT molecular complexity index is 1200. The molecule has 0 spiro atoms. The van der Waals surface area contributed by atoms with Crippen molar-refractivity contribution >= 4 is 11.9 Å². The molecule has 0 fully saturated rings. The Morgan fingerprint density at radius 1 is 0.462 bits per heavy atom. The molecule has 0 aromatic rings. The number of carbonyl (C=O) groups is 2. The van der Waals surface area contributed by atoms with Crippen LogP contribution < -0.4 is 5.32 Å². The summed E-state index contributed by atoms with van der Waals surface area (Å²) in [5.74, 6) is -0.573. The quantitative estimate of drug-likeness (QED) is 0.0321. The molecule has 0 aromatic heterocycles. The first-order valence-corrected chi connectivity index (χ1v) is 27.7. The minimum absolute atomic E-state index is 0.0434. The molecular weight excluding hydrogens is 803 g/mol. The average molecular weight is 908 g/mol. The number of aliphatic hydroxyl groups is 2. The molecule has 3 unspecified atom stereocenters. The molecule has 65 heavy (non-hydrogen) atoms. The molecular formula is C59H105NO5. The van der Waals surface area contributed by atoms with Gasteiger partial charge in [-0.25, -0.2) is 0 Å². The number of rotatable bonds is 49. The van der Waals surface area contributed by atoms with Crippen LogP contribution in [-0.2, 0) is 14.3 Å². The first kappa shape index (κ1) is 62.3. The number of esters is 1. The summed E-state index contributed by atoms with van der Waals surface area (Å²) in [6.45, 7) is 6.36. The third-order valence-electron chi connectivity index (χ3n) is 12.3. The van der Waals surface area contributed by atoms with Gasteiger partial charge in [-0.3, -0.25) is 9.59 Å². The van der Waals surface area contributed by atoms with Gasteiger partial charge in [-0.1, -0.05) is 241 Å². The first-order chi connectivity index (χ1) is 32.0. The summed E-state index contributed by atoms with van der Waals surface area (Å²) in [6, 6.07) is -0.720. The second-order valence-corrected chi connectivity index (χ2v) is 18.6. The molecule has 6 nitrogen and oxygen atoms in total. The van der Waals surface area contributed by atoms with Crippen LogP contribution in [-0.4, -0.2) is 46.9 Å². The zero-order valence-electron chi connectivity index (χ0n) is 42.9. The van der Waals surface area contributed by atoms with E-state index in [9.17, 15) is 19.8 Å². The van der Waals surface area contributed by atoms with Gasteiger partial charge < -0.3 is 20.3 Å². The van der Waals surface area contributed by atoms with Crippen molar-refractivity contribution in [2.24, 2.45) is 0 Å². The van der Waals surface area contributed by atoms with E-state index in [1.807, 2.05) is 6.08 Å². The number of unbranched alkanes of at least 4 members (excludes halogenated alkanes) is 25. The molecule has 0 heterocycles. The molecule has 3 atom stereocenters. The van der Waals surface area contributed by atoms with E-state index in [0.717, 1.165) is 70.6 Å². The standard InChI is InChI=1S/C59H105NO5/c1-4-7-10-13-16-19-22-25-27-29-30-33-35-38-41-44-47-50-55(65-59(64)52-49-46-43-40-37-34-31-28-26-23-20-17-14-11-8-5-2)53-58(63)60-56(54-61)57(62)51-48-45-42-39-36-32-24-21-18-15-12-9-6-3/h8,11,17,20,25-28,34,37,43,46,55-57,61-62H,4-7,9-10,12-16,18-19,21-24,29-33,35-36,38-42,44-45,47-54H2,1-3H3,(H,60,63)/b11-8+,20-17+,27-25+,28-26+,37-34+,46-43+. The SMILES string of the molecule is CC/C=C/C/C=C/C/C=C/C/C=C/C/C=C/CCC(=O)OC(CCCCCCCCC/C=C/CCCCCCCC)CC(=O)NC(CO)C(O)CCCCCCCCCCCCCCC. The summed E-state index contributed by atoms with van der Waals surface area (Å²) < 4.78 is 5.91. The van der Waals surface area contributed by atoms with Crippen LogP contribution in [0.15, 0.2) is 72.9 Å². The maximum Gasteiger partial charge on any atom is 0.306 e. The van der Waals surface area contributed by atoms with E-state index in [1.165, 1.54) is 141 Å². The molecule has 6 heteroatoms. The maximum absolute atomic E-state index is 13.2. The van der Waals surface area contributed by atoms with Gasteiger partial charge in [0.15, 0.2) is 0 Å². The third-order valence-corrected chi connectivity index (χ3v) is 12.3. The summed E-state index contributed by atoms with van der Waals surface area (Å²) in [7, 11) is 0. The molecule has 3 N–H and O–H groups in total. The average Bonchev–Trinajstić information content (AvgIpc) is 3.30. The molecule has 1 amide bonds. The topological polar surface area (TPSA) is 95.9 Å². The van der Waals surface area contributed by atoms with E-state index in [-0.39, 0.29) is 31.3 Å². The third kappa shape index (κ3) is 47.6. The highest BCUT2D eigenvalue weighted by Crippen LogP contribution is 2.18. The Labute approximate surface area is 402 Å². The molecule has 0 radical (unpaired) electrons. The lowest BCUT2D eigenvalue weighted by Crippen LogP contribution is -2.46. The second kappa shape index (κ2) is 52.3. The van der Waals surface area contributed by atoms with Crippen molar-refractivity contribution < 1.29 is 24.5 Å². The summed E-state index contributed by atoms with van der Waals surface area (Å²) in [5.41, 5.74) is 0. The number of nitrogens with one attached hydrogen (secondary N) is 1. The van der Waals surface area contributed by atoms with Gasteiger partial charge in [0, 0.05) is 6.42 Å². The van der Waals surface area contributed by atoms with Crippen molar-refractivity contribution in [1.82, 2.24) is 5.32 Å². The number of ether oxygens (including phenoxy) is 1. The second-order valence-electron chi connectivity index (χ2n) is 18.6. The van der Waals surface area contributed by atoms with E-state index in [2.05, 4.69) is 92.9 Å². The van der Waals surface area contributed by atoms with Crippen LogP contribution in [0.4, 0.5) is 0 Å². The summed E-state index contributed by atoms with van der Waals surface area (Å²) in [4.78, 5) is 26.2. The highest BCUT2D eigenvalue weighted by Gasteiger charge is 2.24. The van der Waals surface area contributed by atoms with E-state index < -0.39 is 18.2 Å². The van der Waals surface area contributed by atoms with Gasteiger partial charge in [0.1, 0.15) is 6.10 Å². The fraction of sp³-hybridized carbons (Fsp3) is 0.763. The molecule has 0 aromatic carbocycles. The first-order valence-electron chi connectivity index (χ1n) is 27.7. The zero-order valence-corrected chi connectivity index (χ0v) is 42.9. The van der Waals surface area contributed by atoms with Crippen molar-refractivity contribution in [3.8, 4) is 0 Å². The largest absolute Gasteiger partial charge is 0.462 e. The molecule has 0 aliphatic heterocycles. The van der Waals surface area contributed by atoms with Gasteiger partial charge >= 0.3 is 5.97 Å². The van der Waals surface area contributed by atoms with Crippen LogP contribution >= 0.6 is 0 Å². The molecule has 0 rings (SSSR count). The lowest BCUT2D eigenvalue weighted by atomic mass is 10.0. The van der Waals surface area contributed by atoms with Crippen LogP contribution in [0.5, 0.6) is 0 Å². The summed E-state index contributed by atoms with van der Waals surface area (Å²) >= 11 is 0. The summed E-state index contributed by atoms with van der Waals surface area (Å²) in [6.07, 6.45) is 66.8. The number of aliphatic hydroxyl groups excluding tert-OH is 2. The van der Waals surface area contributed by atoms with Crippen LogP contribution in [0.3, 0.4) is 0 Å². The van der Waals surface area contributed by atoms with E-state index in [0.29, 0.717) is 19.3 Å². The minimum atomic E-state index is -0.803.